The van der Waals surface area contributed by atoms with Crippen LogP contribution in [-0.2, 0) is 39.0 Å². The molecule has 0 aliphatic rings. The highest BCUT2D eigenvalue weighted by atomic mass is 32.2. The summed E-state index contributed by atoms with van der Waals surface area (Å²) >= 11 is 0. The molecule has 0 saturated heterocycles. The van der Waals surface area contributed by atoms with Gasteiger partial charge in [-0.05, 0) is 80.3 Å². The number of hydrogen-bond donors (Lipinski definition) is 1. The molecule has 0 spiro atoms. The number of aryl methyl sites for hydroxylation is 1. The van der Waals surface area contributed by atoms with Crippen molar-refractivity contribution in [2.24, 2.45) is 0 Å². The highest BCUT2D eigenvalue weighted by Gasteiger charge is 2.35. The van der Waals surface area contributed by atoms with Crippen LogP contribution in [0.1, 0.15) is 44.4 Å². The predicted molar refractivity (Wildman–Crippen MR) is 182 cm³/mol. The third-order valence-electron chi connectivity index (χ3n) is 7.50. The summed E-state index contributed by atoms with van der Waals surface area (Å²) in [6.45, 7) is 7.20. The fourth-order valence-corrected chi connectivity index (χ4v) is 6.56. The van der Waals surface area contributed by atoms with Crippen molar-refractivity contribution >= 4 is 27.5 Å². The Morgan fingerprint density at radius 2 is 1.41 bits per heavy atom. The minimum Gasteiger partial charge on any atom is -0.497 e. The van der Waals surface area contributed by atoms with E-state index in [0.29, 0.717) is 11.4 Å². The second-order valence-electron chi connectivity index (χ2n) is 12.2. The number of anilines is 1. The molecule has 1 unspecified atom stereocenters. The number of carbonyl (C=O) groups excluding carboxylic acids is 2. The molecule has 4 aromatic carbocycles. The Hall–Kier alpha value is -4.63. The molecule has 0 aliphatic heterocycles. The van der Waals surface area contributed by atoms with E-state index in [2.05, 4.69) is 5.32 Å². The Morgan fingerprint density at radius 3 is 2.00 bits per heavy atom. The van der Waals surface area contributed by atoms with Crippen LogP contribution in [0.2, 0.25) is 0 Å². The molecule has 46 heavy (non-hydrogen) atoms. The van der Waals surface area contributed by atoms with E-state index in [-0.39, 0.29) is 23.8 Å². The molecular weight excluding hydrogens is 598 g/mol. The molecule has 9 heteroatoms. The summed E-state index contributed by atoms with van der Waals surface area (Å²) in [5, 5.41) is 3.05. The molecule has 0 radical (unpaired) electrons. The molecule has 0 bridgehead atoms. The number of nitrogens with zero attached hydrogens (tertiary/aromatic N) is 2. The SMILES string of the molecule is CCc1ccc(N(CC(=O)N(Cc2cccc(OC)c2)C(Cc2ccccc2)C(=O)NC(C)(C)C)S(=O)(=O)c2ccccc2)cc1. The zero-order valence-corrected chi connectivity index (χ0v) is 28.0. The second-order valence-corrected chi connectivity index (χ2v) is 14.0. The summed E-state index contributed by atoms with van der Waals surface area (Å²) in [4.78, 5) is 30.1. The molecule has 0 aliphatic carbocycles. The quantitative estimate of drug-likeness (QED) is 0.193. The average Bonchev–Trinajstić information content (AvgIpc) is 3.05. The maximum atomic E-state index is 14.6. The molecule has 1 atom stereocenters. The van der Waals surface area contributed by atoms with E-state index in [1.165, 1.54) is 17.0 Å². The van der Waals surface area contributed by atoms with E-state index in [1.54, 1.807) is 43.5 Å². The standard InChI is InChI=1S/C37H43N3O5S/c1-6-28-20-22-31(23-21-28)40(46(43,44)33-18-11-8-12-19-33)27-35(41)39(26-30-16-13-17-32(24-30)45-5)34(36(42)38-37(2,3)4)25-29-14-9-7-10-15-29/h7-24,34H,6,25-27H2,1-5H3,(H,38,42). The predicted octanol–water partition coefficient (Wildman–Crippen LogP) is 6.01. The van der Waals surface area contributed by atoms with Gasteiger partial charge >= 0.3 is 0 Å². The lowest BCUT2D eigenvalue weighted by molar-refractivity contribution is -0.140. The first-order chi connectivity index (χ1) is 21.9. The minimum atomic E-state index is -4.15. The summed E-state index contributed by atoms with van der Waals surface area (Å²) in [5.74, 6) is -0.253. The van der Waals surface area contributed by atoms with Crippen molar-refractivity contribution in [2.45, 2.75) is 63.6 Å². The van der Waals surface area contributed by atoms with Crippen LogP contribution in [0.5, 0.6) is 5.75 Å². The molecule has 242 valence electrons. The monoisotopic (exact) mass is 641 g/mol. The van der Waals surface area contributed by atoms with Crippen LogP contribution < -0.4 is 14.4 Å². The van der Waals surface area contributed by atoms with Crippen LogP contribution >= 0.6 is 0 Å². The van der Waals surface area contributed by atoms with E-state index >= 15 is 0 Å². The van der Waals surface area contributed by atoms with Crippen molar-refractivity contribution in [1.82, 2.24) is 10.2 Å². The summed E-state index contributed by atoms with van der Waals surface area (Å²) in [7, 11) is -2.59. The number of ether oxygens (including phenoxy) is 1. The summed E-state index contributed by atoms with van der Waals surface area (Å²) in [5.41, 5.74) is 2.42. The average molecular weight is 642 g/mol. The Balaban J connectivity index is 1.82. The van der Waals surface area contributed by atoms with Gasteiger partial charge in [-0.25, -0.2) is 8.42 Å². The van der Waals surface area contributed by atoms with Crippen LogP contribution in [0.15, 0.2) is 114 Å². The second kappa shape index (κ2) is 15.1. The number of amides is 2. The molecule has 0 saturated carbocycles. The molecule has 8 nitrogen and oxygen atoms in total. The molecule has 4 rings (SSSR count). The fraction of sp³-hybridized carbons (Fsp3) is 0.297. The van der Waals surface area contributed by atoms with Gasteiger partial charge in [0.05, 0.1) is 17.7 Å². The number of sulfonamides is 1. The Labute approximate surface area is 273 Å². The first-order valence-corrected chi connectivity index (χ1v) is 16.8. The fourth-order valence-electron chi connectivity index (χ4n) is 5.12. The first-order valence-electron chi connectivity index (χ1n) is 15.4. The maximum Gasteiger partial charge on any atom is 0.264 e. The van der Waals surface area contributed by atoms with Gasteiger partial charge in [0.2, 0.25) is 11.8 Å². The molecular formula is C37H43N3O5S. The summed E-state index contributed by atoms with van der Waals surface area (Å²) in [6, 6.07) is 31.0. The van der Waals surface area contributed by atoms with Gasteiger partial charge in [-0.2, -0.15) is 0 Å². The van der Waals surface area contributed by atoms with E-state index in [4.69, 9.17) is 4.74 Å². The number of hydrogen-bond acceptors (Lipinski definition) is 5. The van der Waals surface area contributed by atoms with Crippen LogP contribution in [-0.4, -0.2) is 50.4 Å². The molecule has 0 aromatic heterocycles. The van der Waals surface area contributed by atoms with Gasteiger partial charge < -0.3 is 15.0 Å². The van der Waals surface area contributed by atoms with Gasteiger partial charge in [-0.3, -0.25) is 13.9 Å². The van der Waals surface area contributed by atoms with E-state index in [0.717, 1.165) is 27.4 Å². The highest BCUT2D eigenvalue weighted by molar-refractivity contribution is 7.92. The van der Waals surface area contributed by atoms with Crippen LogP contribution in [0, 0.1) is 0 Å². The van der Waals surface area contributed by atoms with Crippen LogP contribution in [0.3, 0.4) is 0 Å². The Morgan fingerprint density at radius 1 is 0.804 bits per heavy atom. The molecule has 0 heterocycles. The van der Waals surface area contributed by atoms with Crippen molar-refractivity contribution in [2.75, 3.05) is 18.0 Å². The van der Waals surface area contributed by atoms with Crippen molar-refractivity contribution in [3.8, 4) is 5.75 Å². The van der Waals surface area contributed by atoms with Crippen molar-refractivity contribution < 1.29 is 22.7 Å². The van der Waals surface area contributed by atoms with E-state index in [1.807, 2.05) is 88.4 Å². The Bertz CT molecular complexity index is 1700. The lowest BCUT2D eigenvalue weighted by atomic mass is 10.0. The number of nitrogens with one attached hydrogen (secondary N) is 1. The summed E-state index contributed by atoms with van der Waals surface area (Å²) in [6.07, 6.45) is 1.01. The van der Waals surface area contributed by atoms with Gasteiger partial charge in [0.1, 0.15) is 18.3 Å². The first kappa shape index (κ1) is 34.2. The zero-order valence-electron chi connectivity index (χ0n) is 27.1. The normalized spacial score (nSPS) is 12.2. The van der Waals surface area contributed by atoms with Crippen molar-refractivity contribution in [3.63, 3.8) is 0 Å². The topological polar surface area (TPSA) is 96.0 Å². The number of benzene rings is 4. The van der Waals surface area contributed by atoms with Gasteiger partial charge in [0.25, 0.3) is 10.0 Å². The number of carbonyl (C=O) groups is 2. The number of rotatable bonds is 13. The molecule has 0 fully saturated rings. The maximum absolute atomic E-state index is 14.6. The molecule has 1 N–H and O–H groups in total. The summed E-state index contributed by atoms with van der Waals surface area (Å²) < 4.78 is 34.8. The Kier molecular flexibility index (Phi) is 11.2. The van der Waals surface area contributed by atoms with Crippen LogP contribution in [0.25, 0.3) is 0 Å². The highest BCUT2D eigenvalue weighted by Crippen LogP contribution is 2.26. The lowest BCUT2D eigenvalue weighted by Crippen LogP contribution is -2.56. The molecule has 2 amide bonds. The van der Waals surface area contributed by atoms with E-state index in [9.17, 15) is 18.0 Å². The van der Waals surface area contributed by atoms with Crippen molar-refractivity contribution in [3.05, 3.63) is 126 Å². The van der Waals surface area contributed by atoms with Gasteiger partial charge in [0.15, 0.2) is 0 Å². The van der Waals surface area contributed by atoms with Gasteiger partial charge in [-0.1, -0.05) is 79.7 Å². The third-order valence-corrected chi connectivity index (χ3v) is 9.29. The lowest BCUT2D eigenvalue weighted by Gasteiger charge is -2.35. The minimum absolute atomic E-state index is 0.0547. The third kappa shape index (κ3) is 8.97. The smallest absolute Gasteiger partial charge is 0.264 e. The largest absolute Gasteiger partial charge is 0.497 e. The van der Waals surface area contributed by atoms with E-state index < -0.39 is 34.1 Å². The van der Waals surface area contributed by atoms with Gasteiger partial charge in [-0.15, -0.1) is 0 Å². The molecule has 4 aromatic rings. The van der Waals surface area contributed by atoms with Crippen molar-refractivity contribution in [1.29, 1.82) is 0 Å². The number of methoxy groups -OCH3 is 1. The van der Waals surface area contributed by atoms with Gasteiger partial charge in [0, 0.05) is 18.5 Å². The zero-order chi connectivity index (χ0) is 33.3. The van der Waals surface area contributed by atoms with Crippen LogP contribution in [0.4, 0.5) is 5.69 Å².